The highest BCUT2D eigenvalue weighted by Gasteiger charge is 2.40. The van der Waals surface area contributed by atoms with Crippen LogP contribution in [0.1, 0.15) is 34.6 Å². The second kappa shape index (κ2) is 2.78. The van der Waals surface area contributed by atoms with Gasteiger partial charge in [-0.1, -0.05) is 20.8 Å². The lowest BCUT2D eigenvalue weighted by Crippen LogP contribution is -2.40. The highest BCUT2D eigenvalue weighted by molar-refractivity contribution is 4.97. The molecule has 1 N–H and O–H groups in total. The quantitative estimate of drug-likeness (QED) is 0.612. The first-order valence-electron chi connectivity index (χ1n) is 4.70. The van der Waals surface area contributed by atoms with Crippen LogP contribution < -0.4 is 5.32 Å². The molecule has 0 aromatic heterocycles. The van der Waals surface area contributed by atoms with Crippen LogP contribution in [0.15, 0.2) is 0 Å². The van der Waals surface area contributed by atoms with Gasteiger partial charge in [0.05, 0.1) is 0 Å². The van der Waals surface area contributed by atoms with Crippen LogP contribution in [-0.4, -0.2) is 12.1 Å². The minimum atomic E-state index is 0.355. The van der Waals surface area contributed by atoms with Gasteiger partial charge in [-0.05, 0) is 38.1 Å². The van der Waals surface area contributed by atoms with Gasteiger partial charge >= 0.3 is 0 Å². The van der Waals surface area contributed by atoms with E-state index in [-0.39, 0.29) is 0 Å². The zero-order chi connectivity index (χ0) is 8.65. The van der Waals surface area contributed by atoms with Crippen molar-refractivity contribution in [1.29, 1.82) is 0 Å². The Labute approximate surface area is 70.6 Å². The maximum Gasteiger partial charge on any atom is 0.0158 e. The van der Waals surface area contributed by atoms with Gasteiger partial charge in [0.2, 0.25) is 0 Å². The van der Waals surface area contributed by atoms with E-state index in [0.717, 1.165) is 17.8 Å². The van der Waals surface area contributed by atoms with Gasteiger partial charge in [-0.15, -0.1) is 0 Å². The summed E-state index contributed by atoms with van der Waals surface area (Å²) in [5, 5.41) is 3.58. The van der Waals surface area contributed by atoms with Gasteiger partial charge in [0.25, 0.3) is 0 Å². The van der Waals surface area contributed by atoms with Gasteiger partial charge in [-0.3, -0.25) is 0 Å². The smallest absolute Gasteiger partial charge is 0.0158 e. The maximum atomic E-state index is 3.58. The van der Waals surface area contributed by atoms with Crippen molar-refractivity contribution in [1.82, 2.24) is 5.32 Å². The van der Waals surface area contributed by atoms with Crippen molar-refractivity contribution in [2.45, 2.75) is 40.2 Å². The van der Waals surface area contributed by atoms with E-state index in [1.165, 1.54) is 6.54 Å². The topological polar surface area (TPSA) is 12.0 Å². The molecular formula is C10H21N. The Morgan fingerprint density at radius 3 is 2.09 bits per heavy atom. The highest BCUT2D eigenvalue weighted by Crippen LogP contribution is 2.36. The molecule has 0 bridgehead atoms. The van der Waals surface area contributed by atoms with Crippen LogP contribution in [0.5, 0.6) is 0 Å². The molecule has 1 aliphatic heterocycles. The Bertz CT molecular complexity index is 138. The van der Waals surface area contributed by atoms with E-state index in [4.69, 9.17) is 0 Å². The molecule has 1 saturated heterocycles. The number of nitrogens with one attached hydrogen (secondary N) is 1. The summed E-state index contributed by atoms with van der Waals surface area (Å²) >= 11 is 0. The molecule has 0 aliphatic carbocycles. The zero-order valence-corrected chi connectivity index (χ0v) is 8.44. The van der Waals surface area contributed by atoms with Crippen molar-refractivity contribution in [2.24, 2.45) is 17.8 Å². The molecule has 2 atom stereocenters. The molecule has 1 heteroatoms. The SMILES string of the molecule is CC(C)C1C(C)CNC1(C)C. The summed E-state index contributed by atoms with van der Waals surface area (Å²) in [4.78, 5) is 0. The first-order chi connectivity index (χ1) is 4.95. The molecule has 1 nitrogen and oxygen atoms in total. The lowest BCUT2D eigenvalue weighted by atomic mass is 9.76. The van der Waals surface area contributed by atoms with Crippen molar-refractivity contribution >= 4 is 0 Å². The summed E-state index contributed by atoms with van der Waals surface area (Å²) in [6.07, 6.45) is 0. The van der Waals surface area contributed by atoms with Crippen LogP contribution in [0.3, 0.4) is 0 Å². The van der Waals surface area contributed by atoms with Gasteiger partial charge in [0.15, 0.2) is 0 Å². The molecule has 2 unspecified atom stereocenters. The van der Waals surface area contributed by atoms with Crippen LogP contribution in [0.2, 0.25) is 0 Å². The van der Waals surface area contributed by atoms with Gasteiger partial charge < -0.3 is 5.32 Å². The molecule has 11 heavy (non-hydrogen) atoms. The van der Waals surface area contributed by atoms with Crippen LogP contribution in [0, 0.1) is 17.8 Å². The Morgan fingerprint density at radius 2 is 1.91 bits per heavy atom. The Hall–Kier alpha value is -0.0400. The molecule has 1 rings (SSSR count). The Kier molecular flexibility index (Phi) is 2.29. The maximum absolute atomic E-state index is 3.58. The minimum absolute atomic E-state index is 0.355. The molecule has 66 valence electrons. The first kappa shape index (κ1) is 9.05. The minimum Gasteiger partial charge on any atom is -0.311 e. The number of rotatable bonds is 1. The fourth-order valence-electron chi connectivity index (χ4n) is 2.87. The molecule has 0 spiro atoms. The first-order valence-corrected chi connectivity index (χ1v) is 4.70. The zero-order valence-electron chi connectivity index (χ0n) is 8.44. The lowest BCUT2D eigenvalue weighted by Gasteiger charge is -2.32. The van der Waals surface area contributed by atoms with Crippen LogP contribution in [0.25, 0.3) is 0 Å². The molecular weight excluding hydrogens is 134 g/mol. The predicted molar refractivity (Wildman–Crippen MR) is 49.6 cm³/mol. The predicted octanol–water partition coefficient (Wildman–Crippen LogP) is 2.28. The van der Waals surface area contributed by atoms with Crippen LogP contribution in [-0.2, 0) is 0 Å². The summed E-state index contributed by atoms with van der Waals surface area (Å²) < 4.78 is 0. The molecule has 1 aliphatic rings. The van der Waals surface area contributed by atoms with Gasteiger partial charge in [0, 0.05) is 5.54 Å². The van der Waals surface area contributed by atoms with Crippen LogP contribution in [0.4, 0.5) is 0 Å². The third kappa shape index (κ3) is 1.58. The van der Waals surface area contributed by atoms with E-state index in [2.05, 4.69) is 39.9 Å². The molecule has 0 aromatic rings. The van der Waals surface area contributed by atoms with Crippen molar-refractivity contribution < 1.29 is 0 Å². The molecule has 0 amide bonds. The Morgan fingerprint density at radius 1 is 1.36 bits per heavy atom. The fourth-order valence-corrected chi connectivity index (χ4v) is 2.87. The van der Waals surface area contributed by atoms with Crippen molar-refractivity contribution in [3.05, 3.63) is 0 Å². The van der Waals surface area contributed by atoms with Gasteiger partial charge in [-0.25, -0.2) is 0 Å². The van der Waals surface area contributed by atoms with E-state index in [1.807, 2.05) is 0 Å². The van der Waals surface area contributed by atoms with Gasteiger partial charge in [-0.2, -0.15) is 0 Å². The van der Waals surface area contributed by atoms with E-state index in [9.17, 15) is 0 Å². The summed E-state index contributed by atoms with van der Waals surface area (Å²) in [7, 11) is 0. The van der Waals surface area contributed by atoms with Crippen LogP contribution >= 0.6 is 0 Å². The largest absolute Gasteiger partial charge is 0.311 e. The highest BCUT2D eigenvalue weighted by atomic mass is 15.0. The third-order valence-electron chi connectivity index (χ3n) is 3.04. The molecule has 0 saturated carbocycles. The monoisotopic (exact) mass is 155 g/mol. The van der Waals surface area contributed by atoms with E-state index >= 15 is 0 Å². The van der Waals surface area contributed by atoms with E-state index in [0.29, 0.717) is 5.54 Å². The summed E-state index contributed by atoms with van der Waals surface area (Å²) in [5.74, 6) is 2.47. The molecule has 0 radical (unpaired) electrons. The normalized spacial score (nSPS) is 36.5. The van der Waals surface area contributed by atoms with Crippen molar-refractivity contribution in [2.75, 3.05) is 6.54 Å². The molecule has 1 heterocycles. The third-order valence-corrected chi connectivity index (χ3v) is 3.04. The standard InChI is InChI=1S/C10H21N/c1-7(2)9-8(3)6-11-10(9,4)5/h7-9,11H,6H2,1-5H3. The molecule has 0 aromatic carbocycles. The average Bonchev–Trinajstić information content (AvgIpc) is 2.06. The van der Waals surface area contributed by atoms with Crippen molar-refractivity contribution in [3.63, 3.8) is 0 Å². The second-order valence-electron chi connectivity index (χ2n) is 4.85. The van der Waals surface area contributed by atoms with E-state index in [1.54, 1.807) is 0 Å². The second-order valence-corrected chi connectivity index (χ2v) is 4.85. The van der Waals surface area contributed by atoms with Crippen molar-refractivity contribution in [3.8, 4) is 0 Å². The molecule has 1 fully saturated rings. The van der Waals surface area contributed by atoms with E-state index < -0.39 is 0 Å². The van der Waals surface area contributed by atoms with Gasteiger partial charge in [0.1, 0.15) is 0 Å². The summed E-state index contributed by atoms with van der Waals surface area (Å²) in [5.41, 5.74) is 0.355. The Balaban J connectivity index is 2.72. The summed E-state index contributed by atoms with van der Waals surface area (Å²) in [6, 6.07) is 0. The number of hydrogen-bond donors (Lipinski definition) is 1. The fraction of sp³-hybridized carbons (Fsp3) is 1.00. The lowest BCUT2D eigenvalue weighted by molar-refractivity contribution is 0.222. The average molecular weight is 155 g/mol. The number of hydrogen-bond acceptors (Lipinski definition) is 1. The summed E-state index contributed by atoms with van der Waals surface area (Å²) in [6.45, 7) is 12.8.